The van der Waals surface area contributed by atoms with Gasteiger partial charge in [-0.1, -0.05) is 13.8 Å². The number of piperidine rings is 1. The smallest absolute Gasteiger partial charge is 0.229 e. The van der Waals surface area contributed by atoms with Crippen LogP contribution in [0.15, 0.2) is 0 Å². The second-order valence-electron chi connectivity index (χ2n) is 6.72. The van der Waals surface area contributed by atoms with Gasteiger partial charge in [0.1, 0.15) is 0 Å². The third-order valence-corrected chi connectivity index (χ3v) is 4.54. The van der Waals surface area contributed by atoms with Crippen LogP contribution in [0.4, 0.5) is 0 Å². The van der Waals surface area contributed by atoms with Crippen molar-refractivity contribution >= 4 is 11.8 Å². The van der Waals surface area contributed by atoms with E-state index in [-0.39, 0.29) is 29.2 Å². The van der Waals surface area contributed by atoms with Crippen LogP contribution in [0.2, 0.25) is 0 Å². The number of hydrogen-bond acceptors (Lipinski definition) is 3. The van der Waals surface area contributed by atoms with Crippen molar-refractivity contribution in [2.45, 2.75) is 46.1 Å². The molecule has 2 aliphatic heterocycles. The molecule has 0 bridgehead atoms. The van der Waals surface area contributed by atoms with Gasteiger partial charge >= 0.3 is 0 Å². The Morgan fingerprint density at radius 2 is 1.95 bits per heavy atom. The Bertz CT molecular complexity index is 367. The lowest BCUT2D eigenvalue weighted by molar-refractivity contribution is -0.141. The van der Waals surface area contributed by atoms with Gasteiger partial charge in [-0.05, 0) is 32.7 Å². The van der Waals surface area contributed by atoms with Crippen LogP contribution < -0.4 is 10.6 Å². The average Bonchev–Trinajstić information content (AvgIpc) is 2.87. The number of likely N-dealkylation sites (tertiary alicyclic amines) is 1. The molecule has 0 aromatic heterocycles. The summed E-state index contributed by atoms with van der Waals surface area (Å²) in [4.78, 5) is 26.2. The molecule has 114 valence electrons. The standard InChI is InChI=1S/C15H27N3O2/c1-11(2)13(19)17-12-4-8-18(9-5-12)14(20)15(3)6-7-16-10-15/h11-12,16H,4-10H2,1-3H3,(H,17,19). The summed E-state index contributed by atoms with van der Waals surface area (Å²) in [5, 5.41) is 6.34. The maximum Gasteiger partial charge on any atom is 0.229 e. The Hall–Kier alpha value is -1.10. The van der Waals surface area contributed by atoms with Crippen LogP contribution >= 0.6 is 0 Å². The van der Waals surface area contributed by atoms with Gasteiger partial charge in [-0.25, -0.2) is 0 Å². The Morgan fingerprint density at radius 3 is 2.45 bits per heavy atom. The fourth-order valence-corrected chi connectivity index (χ4v) is 2.98. The van der Waals surface area contributed by atoms with E-state index in [1.54, 1.807) is 0 Å². The first-order valence-corrected chi connectivity index (χ1v) is 7.73. The van der Waals surface area contributed by atoms with Crippen LogP contribution in [0.1, 0.15) is 40.0 Å². The average molecular weight is 281 g/mol. The third kappa shape index (κ3) is 3.32. The molecule has 2 fully saturated rings. The minimum Gasteiger partial charge on any atom is -0.353 e. The summed E-state index contributed by atoms with van der Waals surface area (Å²) in [7, 11) is 0. The quantitative estimate of drug-likeness (QED) is 0.802. The van der Waals surface area contributed by atoms with Crippen molar-refractivity contribution in [2.24, 2.45) is 11.3 Å². The number of hydrogen-bond donors (Lipinski definition) is 2. The summed E-state index contributed by atoms with van der Waals surface area (Å²) in [5.41, 5.74) is -0.228. The third-order valence-electron chi connectivity index (χ3n) is 4.54. The van der Waals surface area contributed by atoms with E-state index in [9.17, 15) is 9.59 Å². The lowest BCUT2D eigenvalue weighted by Crippen LogP contribution is -2.51. The van der Waals surface area contributed by atoms with Crippen molar-refractivity contribution in [1.29, 1.82) is 0 Å². The molecule has 2 saturated heterocycles. The number of nitrogens with one attached hydrogen (secondary N) is 2. The highest BCUT2D eigenvalue weighted by Crippen LogP contribution is 2.28. The van der Waals surface area contributed by atoms with E-state index >= 15 is 0 Å². The normalized spacial score (nSPS) is 27.9. The summed E-state index contributed by atoms with van der Waals surface area (Å²) < 4.78 is 0. The molecule has 20 heavy (non-hydrogen) atoms. The number of rotatable bonds is 3. The van der Waals surface area contributed by atoms with Crippen molar-refractivity contribution < 1.29 is 9.59 Å². The Kier molecular flexibility index (Phi) is 4.68. The molecule has 0 spiro atoms. The number of amides is 2. The minimum atomic E-state index is -0.228. The zero-order valence-corrected chi connectivity index (χ0v) is 12.9. The van der Waals surface area contributed by atoms with Crippen LogP contribution in [0.5, 0.6) is 0 Å². The molecule has 0 radical (unpaired) electrons. The lowest BCUT2D eigenvalue weighted by atomic mass is 9.87. The zero-order valence-electron chi connectivity index (χ0n) is 12.9. The maximum absolute atomic E-state index is 12.6. The Balaban J connectivity index is 1.82. The fourth-order valence-electron chi connectivity index (χ4n) is 2.98. The second kappa shape index (κ2) is 6.12. The van der Waals surface area contributed by atoms with Gasteiger partial charge in [-0.3, -0.25) is 9.59 Å². The summed E-state index contributed by atoms with van der Waals surface area (Å²) in [5.74, 6) is 0.413. The summed E-state index contributed by atoms with van der Waals surface area (Å²) in [6, 6.07) is 0.225. The molecule has 2 amide bonds. The van der Waals surface area contributed by atoms with Crippen LogP contribution in [-0.2, 0) is 9.59 Å². The minimum absolute atomic E-state index is 0.0261. The molecule has 5 heteroatoms. The van der Waals surface area contributed by atoms with Gasteiger partial charge in [-0.15, -0.1) is 0 Å². The molecule has 2 N–H and O–H groups in total. The largest absolute Gasteiger partial charge is 0.353 e. The molecule has 0 saturated carbocycles. The fraction of sp³-hybridized carbons (Fsp3) is 0.867. The van der Waals surface area contributed by atoms with E-state index in [0.717, 1.165) is 45.4 Å². The molecular formula is C15H27N3O2. The molecule has 0 aliphatic carbocycles. The first-order chi connectivity index (χ1) is 9.42. The summed E-state index contributed by atoms with van der Waals surface area (Å²) in [6.07, 6.45) is 2.66. The van der Waals surface area contributed by atoms with Crippen molar-refractivity contribution in [2.75, 3.05) is 26.2 Å². The Labute approximate surface area is 121 Å². The first-order valence-electron chi connectivity index (χ1n) is 7.73. The molecular weight excluding hydrogens is 254 g/mol. The van der Waals surface area contributed by atoms with Crippen molar-refractivity contribution in [3.05, 3.63) is 0 Å². The van der Waals surface area contributed by atoms with Crippen LogP contribution in [0.25, 0.3) is 0 Å². The van der Waals surface area contributed by atoms with Gasteiger partial charge < -0.3 is 15.5 Å². The number of nitrogens with zero attached hydrogens (tertiary/aromatic N) is 1. The van der Waals surface area contributed by atoms with Gasteiger partial charge in [0.15, 0.2) is 0 Å². The summed E-state index contributed by atoms with van der Waals surface area (Å²) in [6.45, 7) is 9.11. The van der Waals surface area contributed by atoms with E-state index in [0.29, 0.717) is 0 Å². The molecule has 2 heterocycles. The van der Waals surface area contributed by atoms with Gasteiger partial charge in [0.2, 0.25) is 11.8 Å². The SMILES string of the molecule is CC(C)C(=O)NC1CCN(C(=O)C2(C)CCNC2)CC1. The van der Waals surface area contributed by atoms with Gasteiger partial charge in [0.25, 0.3) is 0 Å². The van der Waals surface area contributed by atoms with Crippen molar-refractivity contribution in [3.63, 3.8) is 0 Å². The molecule has 0 aromatic carbocycles. The topological polar surface area (TPSA) is 61.4 Å². The monoisotopic (exact) mass is 281 g/mol. The van der Waals surface area contributed by atoms with E-state index in [4.69, 9.17) is 0 Å². The van der Waals surface area contributed by atoms with Gasteiger partial charge in [0, 0.05) is 31.6 Å². The number of carbonyl (C=O) groups is 2. The second-order valence-corrected chi connectivity index (χ2v) is 6.72. The van der Waals surface area contributed by atoms with E-state index < -0.39 is 0 Å². The molecule has 0 aromatic rings. The number of carbonyl (C=O) groups excluding carboxylic acids is 2. The van der Waals surface area contributed by atoms with Gasteiger partial charge in [-0.2, -0.15) is 0 Å². The molecule has 1 atom stereocenters. The van der Waals surface area contributed by atoms with Crippen LogP contribution in [-0.4, -0.2) is 48.9 Å². The molecule has 5 nitrogen and oxygen atoms in total. The van der Waals surface area contributed by atoms with Crippen LogP contribution in [0, 0.1) is 11.3 Å². The predicted molar refractivity (Wildman–Crippen MR) is 78.2 cm³/mol. The van der Waals surface area contributed by atoms with Crippen molar-refractivity contribution in [1.82, 2.24) is 15.5 Å². The molecule has 1 unspecified atom stereocenters. The predicted octanol–water partition coefficient (Wildman–Crippen LogP) is 0.749. The molecule has 2 aliphatic rings. The first kappa shape index (κ1) is 15.3. The Morgan fingerprint density at radius 1 is 1.30 bits per heavy atom. The highest BCUT2D eigenvalue weighted by atomic mass is 16.2. The van der Waals surface area contributed by atoms with Crippen molar-refractivity contribution in [3.8, 4) is 0 Å². The maximum atomic E-state index is 12.6. The zero-order chi connectivity index (χ0) is 14.8. The van der Waals surface area contributed by atoms with E-state index in [1.165, 1.54) is 0 Å². The van der Waals surface area contributed by atoms with Gasteiger partial charge in [0.05, 0.1) is 5.41 Å². The van der Waals surface area contributed by atoms with E-state index in [1.807, 2.05) is 18.7 Å². The highest BCUT2D eigenvalue weighted by molar-refractivity contribution is 5.83. The lowest BCUT2D eigenvalue weighted by Gasteiger charge is -2.37. The summed E-state index contributed by atoms with van der Waals surface area (Å²) >= 11 is 0. The highest BCUT2D eigenvalue weighted by Gasteiger charge is 2.40. The van der Waals surface area contributed by atoms with E-state index in [2.05, 4.69) is 17.6 Å². The van der Waals surface area contributed by atoms with Crippen LogP contribution in [0.3, 0.4) is 0 Å². The molecule has 2 rings (SSSR count).